The Morgan fingerprint density at radius 3 is 3.06 bits per heavy atom. The molecule has 1 aliphatic heterocycles. The number of piperidine rings is 1. The van der Waals surface area contributed by atoms with Gasteiger partial charge in [0.1, 0.15) is 0 Å². The molecule has 0 aliphatic carbocycles. The first-order chi connectivity index (χ1) is 8.24. The molecule has 0 spiro atoms. The summed E-state index contributed by atoms with van der Waals surface area (Å²) in [6.45, 7) is 3.20. The standard InChI is InChI=1S/C13H20N2O2/c1-10-7-13(17-2)4-6-15(10)12-3-5-14-11(8-12)9-16/h3,5,8,10,13,16H,4,6-7,9H2,1-2H3. The van der Waals surface area contributed by atoms with Crippen LogP contribution in [-0.2, 0) is 11.3 Å². The van der Waals surface area contributed by atoms with Gasteiger partial charge in [0.15, 0.2) is 0 Å². The molecule has 1 saturated heterocycles. The lowest BCUT2D eigenvalue weighted by atomic mass is 10.00. The number of pyridine rings is 1. The first-order valence-corrected chi connectivity index (χ1v) is 6.10. The van der Waals surface area contributed by atoms with Gasteiger partial charge in [-0.25, -0.2) is 0 Å². The Morgan fingerprint density at radius 1 is 1.59 bits per heavy atom. The van der Waals surface area contributed by atoms with Crippen molar-refractivity contribution in [2.45, 2.75) is 38.5 Å². The second-order valence-electron chi connectivity index (χ2n) is 4.59. The van der Waals surface area contributed by atoms with E-state index in [1.165, 1.54) is 0 Å². The molecule has 1 fully saturated rings. The molecule has 1 aliphatic rings. The van der Waals surface area contributed by atoms with Crippen molar-refractivity contribution >= 4 is 5.69 Å². The number of nitrogens with zero attached hydrogens (tertiary/aromatic N) is 2. The second-order valence-corrected chi connectivity index (χ2v) is 4.59. The van der Waals surface area contributed by atoms with Crippen LogP contribution in [0.15, 0.2) is 18.3 Å². The van der Waals surface area contributed by atoms with Gasteiger partial charge in [0.2, 0.25) is 0 Å². The number of hydrogen-bond donors (Lipinski definition) is 1. The molecule has 2 heterocycles. The summed E-state index contributed by atoms with van der Waals surface area (Å²) >= 11 is 0. The van der Waals surface area contributed by atoms with Gasteiger partial charge in [-0.3, -0.25) is 4.98 Å². The summed E-state index contributed by atoms with van der Waals surface area (Å²) in [7, 11) is 1.78. The third kappa shape index (κ3) is 2.76. The predicted octanol–water partition coefficient (Wildman–Crippen LogP) is 1.58. The minimum Gasteiger partial charge on any atom is -0.390 e. The highest BCUT2D eigenvalue weighted by Gasteiger charge is 2.25. The van der Waals surface area contributed by atoms with Gasteiger partial charge in [-0.1, -0.05) is 0 Å². The zero-order chi connectivity index (χ0) is 12.3. The summed E-state index contributed by atoms with van der Waals surface area (Å²) in [5, 5.41) is 9.11. The molecule has 1 N–H and O–H groups in total. The Morgan fingerprint density at radius 2 is 2.41 bits per heavy atom. The minimum absolute atomic E-state index is 0.00322. The third-order valence-electron chi connectivity index (χ3n) is 3.46. The van der Waals surface area contributed by atoms with Gasteiger partial charge in [0.05, 0.1) is 18.4 Å². The number of anilines is 1. The monoisotopic (exact) mass is 236 g/mol. The smallest absolute Gasteiger partial charge is 0.0853 e. The molecule has 2 rings (SSSR count). The Kier molecular flexibility index (Phi) is 3.97. The van der Waals surface area contributed by atoms with Crippen molar-refractivity contribution < 1.29 is 9.84 Å². The number of rotatable bonds is 3. The maximum absolute atomic E-state index is 9.11. The van der Waals surface area contributed by atoms with Crippen molar-refractivity contribution in [1.29, 1.82) is 0 Å². The minimum atomic E-state index is -0.00322. The molecule has 17 heavy (non-hydrogen) atoms. The summed E-state index contributed by atoms with van der Waals surface area (Å²) in [6, 6.07) is 4.43. The van der Waals surface area contributed by atoms with Gasteiger partial charge < -0.3 is 14.7 Å². The highest BCUT2D eigenvalue weighted by molar-refractivity contribution is 5.47. The third-order valence-corrected chi connectivity index (χ3v) is 3.46. The maximum Gasteiger partial charge on any atom is 0.0853 e. The van der Waals surface area contributed by atoms with E-state index < -0.39 is 0 Å². The van der Waals surface area contributed by atoms with E-state index in [1.807, 2.05) is 12.1 Å². The van der Waals surface area contributed by atoms with E-state index in [0.29, 0.717) is 12.1 Å². The lowest BCUT2D eigenvalue weighted by molar-refractivity contribution is 0.0721. The van der Waals surface area contributed by atoms with E-state index in [2.05, 4.69) is 16.8 Å². The van der Waals surface area contributed by atoms with Crippen LogP contribution in [0.4, 0.5) is 5.69 Å². The van der Waals surface area contributed by atoms with Crippen molar-refractivity contribution in [3.63, 3.8) is 0 Å². The fourth-order valence-corrected chi connectivity index (χ4v) is 2.46. The first kappa shape index (κ1) is 12.3. The molecule has 1 aromatic rings. The molecule has 94 valence electrons. The number of aliphatic hydroxyl groups is 1. The van der Waals surface area contributed by atoms with Crippen LogP contribution >= 0.6 is 0 Å². The Labute approximate surface area is 102 Å². The Bertz CT molecular complexity index is 370. The number of aromatic nitrogens is 1. The number of aliphatic hydroxyl groups excluding tert-OH is 1. The number of hydrogen-bond acceptors (Lipinski definition) is 4. The first-order valence-electron chi connectivity index (χ1n) is 6.10. The zero-order valence-electron chi connectivity index (χ0n) is 10.5. The van der Waals surface area contributed by atoms with Gasteiger partial charge in [-0.15, -0.1) is 0 Å². The molecular weight excluding hydrogens is 216 g/mol. The summed E-state index contributed by atoms with van der Waals surface area (Å²) < 4.78 is 5.41. The van der Waals surface area contributed by atoms with Crippen LogP contribution in [0.5, 0.6) is 0 Å². The van der Waals surface area contributed by atoms with Crippen molar-refractivity contribution in [2.75, 3.05) is 18.6 Å². The van der Waals surface area contributed by atoms with E-state index in [0.717, 1.165) is 30.8 Å². The summed E-state index contributed by atoms with van der Waals surface area (Å²) in [4.78, 5) is 6.47. The molecule has 4 heteroatoms. The van der Waals surface area contributed by atoms with Crippen LogP contribution in [0.2, 0.25) is 0 Å². The molecule has 2 atom stereocenters. The van der Waals surface area contributed by atoms with Crippen molar-refractivity contribution in [1.82, 2.24) is 4.98 Å². The van der Waals surface area contributed by atoms with Crippen LogP contribution < -0.4 is 4.90 Å². The van der Waals surface area contributed by atoms with E-state index in [-0.39, 0.29) is 6.61 Å². The Balaban J connectivity index is 2.11. The van der Waals surface area contributed by atoms with Crippen molar-refractivity contribution in [3.05, 3.63) is 24.0 Å². The van der Waals surface area contributed by atoms with Gasteiger partial charge in [0, 0.05) is 31.6 Å². The van der Waals surface area contributed by atoms with E-state index in [4.69, 9.17) is 9.84 Å². The van der Waals surface area contributed by atoms with Gasteiger partial charge in [-0.2, -0.15) is 0 Å². The highest BCUT2D eigenvalue weighted by Crippen LogP contribution is 2.26. The molecule has 0 radical (unpaired) electrons. The van der Waals surface area contributed by atoms with E-state index in [1.54, 1.807) is 13.3 Å². The second kappa shape index (κ2) is 5.47. The fourth-order valence-electron chi connectivity index (χ4n) is 2.46. The van der Waals surface area contributed by atoms with Gasteiger partial charge >= 0.3 is 0 Å². The van der Waals surface area contributed by atoms with Crippen LogP contribution in [0.3, 0.4) is 0 Å². The molecule has 0 amide bonds. The average molecular weight is 236 g/mol. The van der Waals surface area contributed by atoms with Crippen LogP contribution in [-0.4, -0.2) is 35.9 Å². The van der Waals surface area contributed by atoms with Crippen LogP contribution in [0.25, 0.3) is 0 Å². The maximum atomic E-state index is 9.11. The van der Waals surface area contributed by atoms with Crippen molar-refractivity contribution in [2.24, 2.45) is 0 Å². The SMILES string of the molecule is COC1CCN(c2ccnc(CO)c2)C(C)C1. The largest absolute Gasteiger partial charge is 0.390 e. The molecule has 0 saturated carbocycles. The lowest BCUT2D eigenvalue weighted by Crippen LogP contribution is -2.43. The summed E-state index contributed by atoms with van der Waals surface area (Å²) in [5.74, 6) is 0. The highest BCUT2D eigenvalue weighted by atomic mass is 16.5. The number of methoxy groups -OCH3 is 1. The molecular formula is C13H20N2O2. The van der Waals surface area contributed by atoms with E-state index in [9.17, 15) is 0 Å². The zero-order valence-corrected chi connectivity index (χ0v) is 10.5. The summed E-state index contributed by atoms with van der Waals surface area (Å²) in [5.41, 5.74) is 1.87. The average Bonchev–Trinajstić information content (AvgIpc) is 2.38. The number of ether oxygens (including phenoxy) is 1. The lowest BCUT2D eigenvalue weighted by Gasteiger charge is -2.38. The van der Waals surface area contributed by atoms with Gasteiger partial charge in [-0.05, 0) is 31.9 Å². The molecule has 2 unspecified atom stereocenters. The van der Waals surface area contributed by atoms with E-state index >= 15 is 0 Å². The summed E-state index contributed by atoms with van der Waals surface area (Å²) in [6.07, 6.45) is 4.24. The van der Waals surface area contributed by atoms with Gasteiger partial charge in [0.25, 0.3) is 0 Å². The normalized spacial score (nSPS) is 25.0. The Hall–Kier alpha value is -1.13. The quantitative estimate of drug-likeness (QED) is 0.865. The fraction of sp³-hybridized carbons (Fsp3) is 0.615. The molecule has 0 bridgehead atoms. The van der Waals surface area contributed by atoms with Crippen molar-refractivity contribution in [3.8, 4) is 0 Å². The van der Waals surface area contributed by atoms with Crippen LogP contribution in [0, 0.1) is 0 Å². The predicted molar refractivity (Wildman–Crippen MR) is 67.0 cm³/mol. The molecule has 0 aromatic carbocycles. The van der Waals surface area contributed by atoms with Crippen LogP contribution in [0.1, 0.15) is 25.5 Å². The molecule has 1 aromatic heterocycles. The molecule has 4 nitrogen and oxygen atoms in total. The topological polar surface area (TPSA) is 45.6 Å².